The van der Waals surface area contributed by atoms with Crippen LogP contribution in [0.15, 0.2) is 218 Å². The van der Waals surface area contributed by atoms with Gasteiger partial charge >= 0.3 is 0 Å². The van der Waals surface area contributed by atoms with Crippen LogP contribution < -0.4 is 60.5 Å². The van der Waals surface area contributed by atoms with E-state index in [1.165, 1.54) is 11.1 Å². The molecular formula is C109H121N6O13-7. The number of benzene rings is 10. The lowest BCUT2D eigenvalue weighted by atomic mass is 9.63. The molecule has 0 radical (unpaired) electrons. The van der Waals surface area contributed by atoms with E-state index in [0.29, 0.717) is 27.8 Å². The van der Waals surface area contributed by atoms with Gasteiger partial charge in [0, 0.05) is 168 Å². The maximum absolute atomic E-state index is 13.5. The maximum Gasteiger partial charge on any atom is 0.213 e. The van der Waals surface area contributed by atoms with Crippen molar-refractivity contribution in [3.8, 4) is 17.2 Å². The molecule has 672 valence electrons. The van der Waals surface area contributed by atoms with Crippen LogP contribution in [0.4, 0.5) is 28.4 Å². The first-order valence-corrected chi connectivity index (χ1v) is 44.7. The standard InChI is InChI=1S/C30H32N2O2.C21H25NO3.C20H23NO3.C19H20NO3.C19H21NO2/c1-4-7-15-31-18-23(21-11-9-10-12-25(21)31)27-29(33)28(30(27)34)24-19-32(16-8-5-2)26-14-13-20(6-3)17-22(24)26;1-11-8-14(9-12(2)13(11)3)18-20(24)19(21(18)25)16-7-6-15(22(4)5)10-17(16)23;1-11-5-6-13(9-12(11)2)17-19(23)18(20(17)24)15-8-7-14(21(3)4)10-16(15)22;1-11-4-6-12(7-5-11)16-18(22)17(19(16)23)14-9-8-13(20(2)3)10-15(14)21;1-12-4-6-13(7-5-12)16-18(21)17(19(16)22)14-8-10-15(11-9-14)20(2)3/h9-14,17-19H,4-8,15-16H2,1-3H3;6-10,18-21,23H,1-5H3;5-10,17-20,22H,1-4H3;4-10,16-18,21H,1-3H3;4-11,16-19H,1-3H3/q;2*-2;-1;-2. The van der Waals surface area contributed by atoms with Crippen LogP contribution in [0, 0.1) is 48.5 Å². The SMILES string of the molecule is CCCCn1cc(C2=C([O-])C(=C3C=[N+](CCCC)c4ccc(CC)cc43)C2=O)c2ccccc21.Cc1cc(C2C([O-])C(c3ccc(N(C)C)cc3O)C2[O-])cc(C)c1C.Cc1ccc(C2C(=O)C(c3ccc(N(C)C)cc3O)C2[O-])cc1.Cc1ccc(C2C([O-])C(c3ccc(N(C)C)cc3)C2[O-])cc1.Cc1ccc(C2C([O-])C(c3ccc(N(C)C)cc3O)C2[O-])cc1C. The Labute approximate surface area is 754 Å². The molecule has 3 N–H and O–H groups in total. The zero-order valence-corrected chi connectivity index (χ0v) is 76.9. The number of para-hydroxylation sites is 1. The zero-order valence-electron chi connectivity index (χ0n) is 76.9. The van der Waals surface area contributed by atoms with Gasteiger partial charge in [0.1, 0.15) is 29.6 Å². The van der Waals surface area contributed by atoms with Crippen LogP contribution in [0.1, 0.15) is 194 Å². The second-order valence-electron chi connectivity index (χ2n) is 36.4. The Morgan fingerprint density at radius 2 is 0.836 bits per heavy atom. The number of aromatic nitrogens is 1. The fraction of sp³-hybridized carbons (Fsp3) is 0.367. The molecule has 19 heteroatoms. The molecule has 19 nitrogen and oxygen atoms in total. The Morgan fingerprint density at radius 1 is 0.398 bits per heavy atom. The molecule has 4 fully saturated rings. The van der Waals surface area contributed by atoms with E-state index in [9.17, 15) is 65.8 Å². The molecule has 0 spiro atoms. The van der Waals surface area contributed by atoms with Gasteiger partial charge in [0.2, 0.25) is 5.69 Å². The Balaban J connectivity index is 0.000000138. The van der Waals surface area contributed by atoms with Gasteiger partial charge in [-0.2, -0.15) is 4.58 Å². The number of allylic oxidation sites excluding steroid dienone is 3. The molecule has 0 amide bonds. The summed E-state index contributed by atoms with van der Waals surface area (Å²) in [4.78, 5) is 33.7. The quantitative estimate of drug-likeness (QED) is 0.0472. The fourth-order valence-electron chi connectivity index (χ4n) is 18.7. The minimum Gasteiger partial charge on any atom is -0.871 e. The van der Waals surface area contributed by atoms with Crippen LogP contribution in [-0.2, 0) is 22.6 Å². The Hall–Kier alpha value is -11.7. The number of Topliss-reactive ketones (excluding diaryl/α,β-unsaturated/α-hetero) is 2. The lowest BCUT2D eigenvalue weighted by Crippen LogP contribution is -2.63. The Bertz CT molecular complexity index is 5910. The van der Waals surface area contributed by atoms with E-state index in [1.807, 2.05) is 276 Å². The number of aromatic hydroxyl groups is 3. The van der Waals surface area contributed by atoms with Gasteiger partial charge in [0.15, 0.2) is 12.0 Å². The van der Waals surface area contributed by atoms with Crippen LogP contribution in [0.25, 0.3) is 22.0 Å². The number of carbonyl (C=O) groups is 2. The molecule has 1 aliphatic heterocycles. The van der Waals surface area contributed by atoms with Crippen LogP contribution >= 0.6 is 0 Å². The second-order valence-corrected chi connectivity index (χ2v) is 36.4. The summed E-state index contributed by atoms with van der Waals surface area (Å²) in [7, 11) is 15.2. The van der Waals surface area contributed by atoms with Crippen LogP contribution in [0.3, 0.4) is 0 Å². The molecule has 0 bridgehead atoms. The number of rotatable bonds is 20. The first kappa shape index (κ1) is 94.0. The molecule has 11 aromatic rings. The number of anilines is 4. The summed E-state index contributed by atoms with van der Waals surface area (Å²) in [6.45, 7) is 22.3. The van der Waals surface area contributed by atoms with E-state index in [4.69, 9.17) is 0 Å². The highest BCUT2D eigenvalue weighted by Gasteiger charge is 2.47. The van der Waals surface area contributed by atoms with E-state index in [-0.39, 0.29) is 34.6 Å². The average molecular weight is 1720 g/mol. The van der Waals surface area contributed by atoms with E-state index in [2.05, 4.69) is 54.2 Å². The number of ketones is 2. The van der Waals surface area contributed by atoms with Gasteiger partial charge in [-0.05, 0) is 212 Å². The van der Waals surface area contributed by atoms with Crippen molar-refractivity contribution in [3.05, 3.63) is 318 Å². The van der Waals surface area contributed by atoms with Crippen molar-refractivity contribution in [2.45, 2.75) is 198 Å². The monoisotopic (exact) mass is 1720 g/mol. The third-order valence-electron chi connectivity index (χ3n) is 27.2. The molecule has 5 aliphatic carbocycles. The first-order chi connectivity index (χ1) is 61.0. The summed E-state index contributed by atoms with van der Waals surface area (Å²) in [5, 5.41) is 134. The summed E-state index contributed by atoms with van der Waals surface area (Å²) in [6, 6.07) is 62.7. The molecule has 128 heavy (non-hydrogen) atoms. The van der Waals surface area contributed by atoms with Crippen molar-refractivity contribution in [1.82, 2.24) is 4.57 Å². The van der Waals surface area contributed by atoms with E-state index in [1.54, 1.807) is 36.4 Å². The second kappa shape index (κ2) is 39.5. The number of phenolic OH excluding ortho intramolecular Hbond substituents is 3. The summed E-state index contributed by atoms with van der Waals surface area (Å²) in [5.41, 5.74) is 23.7. The van der Waals surface area contributed by atoms with Crippen LogP contribution in [0.5, 0.6) is 17.2 Å². The van der Waals surface area contributed by atoms with Crippen molar-refractivity contribution >= 4 is 68.3 Å². The maximum atomic E-state index is 13.5. The Kier molecular flexibility index (Phi) is 29.0. The number of nitrogens with zero attached hydrogens (tertiary/aromatic N) is 6. The third-order valence-corrected chi connectivity index (χ3v) is 27.2. The average Bonchev–Trinajstić information content (AvgIpc) is 1.55. The molecule has 4 saturated carbocycles. The summed E-state index contributed by atoms with van der Waals surface area (Å²) in [6.07, 6.45) is 2.39. The molecule has 2 heterocycles. The lowest BCUT2D eigenvalue weighted by molar-refractivity contribution is -0.536. The minimum atomic E-state index is -1.05. The fourth-order valence-corrected chi connectivity index (χ4v) is 18.7. The topological polar surface area (TPSA) is 300 Å². The highest BCUT2D eigenvalue weighted by Crippen LogP contribution is 2.53. The predicted octanol–water partition coefficient (Wildman–Crippen LogP) is 12.1. The highest BCUT2D eigenvalue weighted by molar-refractivity contribution is 6.45. The molecular weight excluding hydrogens is 1600 g/mol. The summed E-state index contributed by atoms with van der Waals surface area (Å²) < 4.78 is 4.39. The van der Waals surface area contributed by atoms with Gasteiger partial charge in [-0.15, -0.1) is 36.6 Å². The van der Waals surface area contributed by atoms with E-state index in [0.717, 1.165) is 162 Å². The summed E-state index contributed by atoms with van der Waals surface area (Å²) >= 11 is 0. The van der Waals surface area contributed by atoms with Crippen molar-refractivity contribution in [1.29, 1.82) is 0 Å². The predicted molar refractivity (Wildman–Crippen MR) is 498 cm³/mol. The van der Waals surface area contributed by atoms with Gasteiger partial charge < -0.3 is 80.3 Å². The molecule has 9 unspecified atom stereocenters. The zero-order chi connectivity index (χ0) is 92.5. The minimum absolute atomic E-state index is 0.0118. The van der Waals surface area contributed by atoms with E-state index < -0.39 is 90.1 Å². The largest absolute Gasteiger partial charge is 0.871 e. The lowest BCUT2D eigenvalue weighted by Gasteiger charge is -2.62. The molecule has 6 aliphatic rings. The van der Waals surface area contributed by atoms with Gasteiger partial charge in [-0.3, -0.25) is 9.59 Å². The number of hydrogen-bond donors (Lipinski definition) is 3. The number of hydrogen-bond acceptors (Lipinski definition) is 17. The van der Waals surface area contributed by atoms with Crippen molar-refractivity contribution in [3.63, 3.8) is 0 Å². The van der Waals surface area contributed by atoms with Crippen molar-refractivity contribution < 1.29 is 70.3 Å². The van der Waals surface area contributed by atoms with Gasteiger partial charge in [-0.1, -0.05) is 190 Å². The number of carbonyl (C=O) groups excluding carboxylic acids is 2. The number of fused-ring (bicyclic) bond motifs is 2. The third kappa shape index (κ3) is 18.7. The molecule has 9 atom stereocenters. The number of unbranched alkanes of at least 4 members (excludes halogenated alkanes) is 2. The van der Waals surface area contributed by atoms with Gasteiger partial charge in [0.25, 0.3) is 0 Å². The molecule has 0 saturated heterocycles. The van der Waals surface area contributed by atoms with E-state index >= 15 is 0 Å². The van der Waals surface area contributed by atoms with Gasteiger partial charge in [0.05, 0.1) is 11.1 Å². The number of phenols is 3. The van der Waals surface area contributed by atoms with Crippen molar-refractivity contribution in [2.24, 2.45) is 0 Å². The van der Waals surface area contributed by atoms with Crippen LogP contribution in [0.2, 0.25) is 0 Å². The smallest absolute Gasteiger partial charge is 0.213 e. The Morgan fingerprint density at radius 3 is 1.30 bits per heavy atom. The molecule has 1 aromatic heterocycles. The highest BCUT2D eigenvalue weighted by atomic mass is 16.3. The summed E-state index contributed by atoms with van der Waals surface area (Å²) in [5.74, 6) is -4.97. The van der Waals surface area contributed by atoms with Crippen molar-refractivity contribution in [2.75, 3.05) is 82.5 Å². The van der Waals surface area contributed by atoms with Crippen LogP contribution in [-0.4, -0.2) is 148 Å². The normalized spacial score (nSPS) is 23.4. The number of aryl methyl sites for hydroxylation is 8. The first-order valence-electron chi connectivity index (χ1n) is 44.7. The molecule has 17 rings (SSSR count). The van der Waals surface area contributed by atoms with Gasteiger partial charge in [-0.25, -0.2) is 0 Å². The molecule has 10 aromatic carbocycles.